The van der Waals surface area contributed by atoms with Gasteiger partial charge in [0.2, 0.25) is 29.5 Å². The minimum absolute atomic E-state index is 0.0225. The first-order chi connectivity index (χ1) is 43.3. The summed E-state index contributed by atoms with van der Waals surface area (Å²) in [6, 6.07) is 15.8. The molecule has 526 valence electrons. The number of fused-ring (bicyclic) bond motifs is 1. The van der Waals surface area contributed by atoms with E-state index in [-0.39, 0.29) is 12.3 Å². The van der Waals surface area contributed by atoms with Gasteiger partial charge in [0.1, 0.15) is 27.7 Å². The molecule has 12 N–H and O–H groups in total. The van der Waals surface area contributed by atoms with E-state index >= 15 is 28.8 Å². The van der Waals surface area contributed by atoms with Crippen molar-refractivity contribution in [1.29, 1.82) is 5.53 Å². The lowest BCUT2D eigenvalue weighted by atomic mass is 9.60. The van der Waals surface area contributed by atoms with E-state index in [0.29, 0.717) is 15.8 Å². The summed E-state index contributed by atoms with van der Waals surface area (Å²) in [6.07, 6.45) is -0.599. The standard InChI is InChI=1S/C73H112N10O10S2/c1-41(2)63(9,10)40-64(11,12)70(22)59(89)78-55(67(17,18)93)57(87)83(74)52(56(86)77-54(46(7)84)47(8)85)39-94-95-68(19,20)73(25,79-58(88)69(21,75-26)45(6)48-35-29-27-32-42(48)3)62(92)82-71(23,65(13,14)49-36-30-28-33-43(49)4)61(91)81-72(24,60(90)80-70)66(15,16)50-38-76-51-37-31-34-44(5)53(50)51/h27-38,41,45-47,52,54-55,74-76,84-85,93H,39-40H2,1-26H3,(H5-,77,78,79,80,81,82,86,88,89,90,91,92)/p+1/t45?,46-,47?,52-,54?,55-,69-,70-,71-,72+,73-/m1/s1. The molecule has 2 heterocycles. The summed E-state index contributed by atoms with van der Waals surface area (Å²) in [5.74, 6) is -7.26. The zero-order chi connectivity index (χ0) is 72.7. The molecule has 22 heteroatoms. The molecule has 0 saturated carbocycles. The largest absolute Gasteiger partial charge is 0.437 e. The van der Waals surface area contributed by atoms with Crippen LogP contribution in [0.15, 0.2) is 72.9 Å². The van der Waals surface area contributed by atoms with Gasteiger partial charge in [-0.05, 0) is 171 Å². The molecule has 1 fully saturated rings. The Bertz CT molecular complexity index is 3540. The van der Waals surface area contributed by atoms with Gasteiger partial charge in [0.25, 0.3) is 11.9 Å². The van der Waals surface area contributed by atoms with Crippen molar-refractivity contribution in [2.45, 2.75) is 265 Å². The van der Waals surface area contributed by atoms with E-state index in [1.807, 2.05) is 164 Å². The zero-order valence-electron chi connectivity index (χ0n) is 61.3. The van der Waals surface area contributed by atoms with Crippen LogP contribution in [0.5, 0.6) is 0 Å². The van der Waals surface area contributed by atoms with E-state index in [1.54, 1.807) is 54.8 Å². The van der Waals surface area contributed by atoms with Crippen molar-refractivity contribution in [2.75, 3.05) is 12.8 Å². The van der Waals surface area contributed by atoms with Crippen molar-refractivity contribution in [3.8, 4) is 0 Å². The molecule has 1 aromatic heterocycles. The minimum Gasteiger partial charge on any atom is -0.391 e. The number of carbonyl (C=O) groups excluding carboxylic acids is 7. The van der Waals surface area contributed by atoms with E-state index in [0.717, 1.165) is 54.7 Å². The molecule has 3 unspecified atom stereocenters. The monoisotopic (exact) mass is 1350 g/mol. The van der Waals surface area contributed by atoms with Gasteiger partial charge in [-0.25, -0.2) is 4.79 Å². The van der Waals surface area contributed by atoms with Gasteiger partial charge in [0.05, 0.1) is 34.4 Å². The fraction of sp³-hybridized carbons (Fsp3) is 0.630. The Morgan fingerprint density at radius 2 is 1.17 bits per heavy atom. The van der Waals surface area contributed by atoms with Crippen LogP contribution in [-0.2, 0) is 44.4 Å². The van der Waals surface area contributed by atoms with Gasteiger partial charge in [-0.15, -0.1) is 0 Å². The molecule has 7 amide bonds. The summed E-state index contributed by atoms with van der Waals surface area (Å²) in [5.41, 5.74) is -1.51. The Morgan fingerprint density at radius 3 is 1.67 bits per heavy atom. The summed E-state index contributed by atoms with van der Waals surface area (Å²) in [6.45, 7) is 43.4. The molecule has 3 aromatic carbocycles. The molecule has 11 atom stereocenters. The van der Waals surface area contributed by atoms with Crippen molar-refractivity contribution >= 4 is 73.8 Å². The van der Waals surface area contributed by atoms with Crippen LogP contribution in [-0.4, -0.2) is 148 Å². The van der Waals surface area contributed by atoms with Gasteiger partial charge < -0.3 is 57.5 Å². The van der Waals surface area contributed by atoms with E-state index in [9.17, 15) is 25.6 Å². The predicted molar refractivity (Wildman–Crippen MR) is 380 cm³/mol. The van der Waals surface area contributed by atoms with Crippen LogP contribution in [0, 0.1) is 43.1 Å². The summed E-state index contributed by atoms with van der Waals surface area (Å²) >= 11 is 0. The van der Waals surface area contributed by atoms with E-state index in [4.69, 9.17) is 0 Å². The molecule has 0 radical (unpaired) electrons. The highest BCUT2D eigenvalue weighted by Gasteiger charge is 2.62. The third-order valence-electron chi connectivity index (χ3n) is 22.6. The lowest BCUT2D eigenvalue weighted by Gasteiger charge is -2.53. The Kier molecular flexibility index (Phi) is 23.7. The number of nitrogens with one attached hydrogen (secondary N) is 9. The van der Waals surface area contributed by atoms with Gasteiger partial charge in [0, 0.05) is 33.8 Å². The molecule has 1 saturated heterocycles. The molecule has 0 aliphatic carbocycles. The number of aryl methyl sites for hydroxylation is 3. The Morgan fingerprint density at radius 1 is 0.674 bits per heavy atom. The van der Waals surface area contributed by atoms with E-state index in [1.165, 1.54) is 34.6 Å². The quantitative estimate of drug-likeness (QED) is 0.0327. The molecule has 20 nitrogen and oxygen atoms in total. The van der Waals surface area contributed by atoms with E-state index in [2.05, 4.69) is 42.2 Å². The number of carbonyl (C=O) groups is 7. The number of nitrogens with zero attached hydrogens (tertiary/aromatic N) is 1. The number of aliphatic hydroxyl groups excluding tert-OH is 2. The summed E-state index contributed by atoms with van der Waals surface area (Å²) in [7, 11) is 3.65. The molecule has 5 rings (SSSR count). The molecule has 4 aromatic rings. The highest BCUT2D eigenvalue weighted by molar-refractivity contribution is 8.77. The van der Waals surface area contributed by atoms with Gasteiger partial charge in [0.15, 0.2) is 6.04 Å². The van der Waals surface area contributed by atoms with Crippen LogP contribution < -0.4 is 37.2 Å². The molecule has 1 aliphatic rings. The van der Waals surface area contributed by atoms with Crippen LogP contribution >= 0.6 is 21.6 Å². The molecule has 95 heavy (non-hydrogen) atoms. The molecular formula is C73H113N10O10S2+. The van der Waals surface area contributed by atoms with Gasteiger partial charge in [-0.1, -0.05) is 164 Å². The molecular weight excluding hydrogens is 1240 g/mol. The van der Waals surface area contributed by atoms with Gasteiger partial charge in [-0.2, -0.15) is 0 Å². The fourth-order valence-electron chi connectivity index (χ4n) is 13.1. The van der Waals surface area contributed by atoms with Crippen molar-refractivity contribution < 1.29 is 53.6 Å². The highest BCUT2D eigenvalue weighted by Crippen LogP contribution is 2.49. The second-order valence-electron chi connectivity index (χ2n) is 31.5. The number of aliphatic hydroxyl groups is 3. The van der Waals surface area contributed by atoms with Crippen molar-refractivity contribution in [2.24, 2.45) is 16.7 Å². The maximum Gasteiger partial charge on any atom is 0.437 e. The number of H-pyrrole nitrogens is 1. The van der Waals surface area contributed by atoms with Crippen LogP contribution in [0.3, 0.4) is 0 Å². The fourth-order valence-corrected chi connectivity index (χ4v) is 16.2. The Labute approximate surface area is 572 Å². The van der Waals surface area contributed by atoms with Crippen LogP contribution in [0.25, 0.3) is 10.9 Å². The third kappa shape index (κ3) is 15.1. The number of rotatable bonds is 18. The number of benzene rings is 3. The number of amides is 7. The molecule has 0 bridgehead atoms. The average molecular weight is 1350 g/mol. The molecule has 1 aliphatic heterocycles. The Hall–Kier alpha value is -6.17. The average Bonchev–Trinajstić information content (AvgIpc) is 1.64. The SMILES string of the molecule is CN[C@@](C)(C(=O)N[C@]1(C)C(=O)N[C@@](C)(C(C)(C)c2ccccc2C)C(=O)N[C@](C)(C(C)(C)c2c[nH]c3cccc(C)c23)C(=O)N[C@@](C)(C(C)(C)CC(C)(C)C(C)C)C(=O)N[C@@H](C(C)(C)O)C(=O)[N+](=N)[C@@H](C(=O)NC(C(C)O)[C@@H](C)O)CSSC1(C)C)C(C)c1ccccc1C. The van der Waals surface area contributed by atoms with Crippen molar-refractivity contribution in [1.82, 2.24) is 42.2 Å². The maximum absolute atomic E-state index is 17.0. The first-order valence-corrected chi connectivity index (χ1v) is 35.3. The first kappa shape index (κ1) is 79.5. The first-order valence-electron chi connectivity index (χ1n) is 33.0. The lowest BCUT2D eigenvalue weighted by molar-refractivity contribution is -0.556. The molecule has 0 spiro atoms. The summed E-state index contributed by atoms with van der Waals surface area (Å²) in [5, 5.41) is 56.2. The number of hydrogen-bond acceptors (Lipinski definition) is 14. The normalized spacial score (nSPS) is 25.7. The Balaban J connectivity index is 1.99. The van der Waals surface area contributed by atoms with Crippen LogP contribution in [0.1, 0.15) is 198 Å². The number of aromatic nitrogens is 1. The summed E-state index contributed by atoms with van der Waals surface area (Å²) in [4.78, 5) is 116. The lowest BCUT2D eigenvalue weighted by Crippen LogP contribution is -2.78. The van der Waals surface area contributed by atoms with Crippen molar-refractivity contribution in [3.05, 3.63) is 106 Å². The summed E-state index contributed by atoms with van der Waals surface area (Å²) < 4.78 is -1.16. The van der Waals surface area contributed by atoms with Crippen molar-refractivity contribution in [3.63, 3.8) is 0 Å². The van der Waals surface area contributed by atoms with Gasteiger partial charge in [-0.3, -0.25) is 28.8 Å². The smallest absolute Gasteiger partial charge is 0.391 e. The second kappa shape index (κ2) is 28.4. The third-order valence-corrected chi connectivity index (χ3v) is 26.0. The van der Waals surface area contributed by atoms with Gasteiger partial charge >= 0.3 is 5.91 Å². The topological polar surface area (TPSA) is 307 Å². The number of likely N-dealkylation sites (N-methyl/N-ethyl adjacent to an activating group) is 1. The minimum atomic E-state index is -2.18. The van der Waals surface area contributed by atoms with E-state index < -0.39 is 143 Å². The predicted octanol–water partition coefficient (Wildman–Crippen LogP) is 9.34. The highest BCUT2D eigenvalue weighted by atomic mass is 33.1. The second-order valence-corrected chi connectivity index (χ2v) is 34.5. The maximum atomic E-state index is 17.0. The number of hydrogen-bond donors (Lipinski definition) is 12. The van der Waals surface area contributed by atoms with Crippen LogP contribution in [0.4, 0.5) is 0 Å². The van der Waals surface area contributed by atoms with Crippen LogP contribution in [0.2, 0.25) is 0 Å². The number of aromatic amines is 1. The zero-order valence-corrected chi connectivity index (χ0v) is 63.0.